The molecule has 0 bridgehead atoms. The Hall–Kier alpha value is -2.86. The predicted octanol–water partition coefficient (Wildman–Crippen LogP) is 6.08. The van der Waals surface area contributed by atoms with Crippen LogP contribution < -0.4 is 0 Å². The SMILES string of the molecule is C=C(/C=C/c1ccccc1)c1ccc(-c2ccccc2)cc1. The molecule has 0 fully saturated rings. The summed E-state index contributed by atoms with van der Waals surface area (Å²) in [5.74, 6) is 0. The molecular formula is C22H18. The lowest BCUT2D eigenvalue weighted by Crippen LogP contribution is -1.81. The van der Waals surface area contributed by atoms with E-state index in [-0.39, 0.29) is 0 Å². The van der Waals surface area contributed by atoms with Gasteiger partial charge in [-0.3, -0.25) is 0 Å². The first-order valence-corrected chi connectivity index (χ1v) is 7.41. The molecule has 0 aliphatic heterocycles. The van der Waals surface area contributed by atoms with Crippen molar-refractivity contribution in [3.63, 3.8) is 0 Å². The van der Waals surface area contributed by atoms with Gasteiger partial charge in [0.05, 0.1) is 0 Å². The zero-order valence-electron chi connectivity index (χ0n) is 12.4. The molecular weight excluding hydrogens is 264 g/mol. The molecule has 0 aromatic heterocycles. The van der Waals surface area contributed by atoms with Gasteiger partial charge in [-0.15, -0.1) is 0 Å². The van der Waals surface area contributed by atoms with Gasteiger partial charge >= 0.3 is 0 Å². The van der Waals surface area contributed by atoms with E-state index in [2.05, 4.69) is 79.4 Å². The second-order valence-electron chi connectivity index (χ2n) is 5.21. The minimum atomic E-state index is 1.02. The molecule has 22 heavy (non-hydrogen) atoms. The van der Waals surface area contributed by atoms with Crippen LogP contribution in [-0.4, -0.2) is 0 Å². The highest BCUT2D eigenvalue weighted by Crippen LogP contribution is 2.22. The normalized spacial score (nSPS) is 10.7. The molecule has 0 aliphatic rings. The third-order valence-electron chi connectivity index (χ3n) is 3.64. The second-order valence-corrected chi connectivity index (χ2v) is 5.21. The van der Waals surface area contributed by atoms with E-state index < -0.39 is 0 Å². The standard InChI is InChI=1S/C22H18/c1-18(12-13-19-8-4-2-5-9-19)20-14-16-22(17-15-20)21-10-6-3-7-11-21/h2-17H,1H2/b13-12+. The van der Waals surface area contributed by atoms with Crippen molar-refractivity contribution in [2.24, 2.45) is 0 Å². The average molecular weight is 282 g/mol. The quantitative estimate of drug-likeness (QED) is 0.509. The molecule has 0 heteroatoms. The molecule has 0 atom stereocenters. The number of hydrogen-bond donors (Lipinski definition) is 0. The van der Waals surface area contributed by atoms with E-state index in [9.17, 15) is 0 Å². The monoisotopic (exact) mass is 282 g/mol. The van der Waals surface area contributed by atoms with Crippen molar-refractivity contribution in [1.29, 1.82) is 0 Å². The zero-order valence-corrected chi connectivity index (χ0v) is 12.4. The van der Waals surface area contributed by atoms with Crippen molar-refractivity contribution >= 4 is 11.6 Å². The van der Waals surface area contributed by atoms with Crippen LogP contribution in [0.25, 0.3) is 22.8 Å². The summed E-state index contributed by atoms with van der Waals surface area (Å²) in [4.78, 5) is 0. The highest BCUT2D eigenvalue weighted by molar-refractivity contribution is 5.78. The van der Waals surface area contributed by atoms with Crippen LogP contribution in [0.15, 0.2) is 97.6 Å². The van der Waals surface area contributed by atoms with Crippen molar-refractivity contribution in [3.8, 4) is 11.1 Å². The highest BCUT2D eigenvalue weighted by atomic mass is 14.0. The van der Waals surface area contributed by atoms with Crippen molar-refractivity contribution in [3.05, 3.63) is 109 Å². The Morgan fingerprint density at radius 1 is 0.636 bits per heavy atom. The molecule has 0 N–H and O–H groups in total. The van der Waals surface area contributed by atoms with Gasteiger partial charge in [0.25, 0.3) is 0 Å². The van der Waals surface area contributed by atoms with Crippen LogP contribution in [0.5, 0.6) is 0 Å². The predicted molar refractivity (Wildman–Crippen MR) is 96.4 cm³/mol. The minimum absolute atomic E-state index is 1.02. The fourth-order valence-corrected chi connectivity index (χ4v) is 2.36. The van der Waals surface area contributed by atoms with Crippen molar-refractivity contribution in [2.75, 3.05) is 0 Å². The van der Waals surface area contributed by atoms with Crippen LogP contribution in [0, 0.1) is 0 Å². The average Bonchev–Trinajstić information content (AvgIpc) is 2.61. The van der Waals surface area contributed by atoms with E-state index in [0.717, 1.165) is 11.1 Å². The van der Waals surface area contributed by atoms with Gasteiger partial charge in [0, 0.05) is 0 Å². The molecule has 0 heterocycles. The number of benzene rings is 3. The van der Waals surface area contributed by atoms with Gasteiger partial charge in [-0.25, -0.2) is 0 Å². The summed E-state index contributed by atoms with van der Waals surface area (Å²) >= 11 is 0. The first-order chi connectivity index (χ1) is 10.8. The lowest BCUT2D eigenvalue weighted by atomic mass is 10.0. The molecule has 3 rings (SSSR count). The molecule has 0 radical (unpaired) electrons. The molecule has 3 aromatic rings. The number of hydrogen-bond acceptors (Lipinski definition) is 0. The van der Waals surface area contributed by atoms with Crippen LogP contribution in [0.4, 0.5) is 0 Å². The van der Waals surface area contributed by atoms with Crippen LogP contribution in [-0.2, 0) is 0 Å². The molecule has 0 amide bonds. The second kappa shape index (κ2) is 6.73. The minimum Gasteiger partial charge on any atom is -0.0912 e. The first kappa shape index (κ1) is 14.1. The van der Waals surface area contributed by atoms with Gasteiger partial charge in [0.2, 0.25) is 0 Å². The Bertz CT molecular complexity index is 763. The van der Waals surface area contributed by atoms with Gasteiger partial charge < -0.3 is 0 Å². The lowest BCUT2D eigenvalue weighted by Gasteiger charge is -2.04. The van der Waals surface area contributed by atoms with E-state index in [4.69, 9.17) is 0 Å². The van der Waals surface area contributed by atoms with E-state index in [0.29, 0.717) is 0 Å². The van der Waals surface area contributed by atoms with Crippen LogP contribution >= 0.6 is 0 Å². The van der Waals surface area contributed by atoms with E-state index in [1.807, 2.05) is 24.3 Å². The van der Waals surface area contributed by atoms with Gasteiger partial charge in [0.15, 0.2) is 0 Å². The van der Waals surface area contributed by atoms with Crippen LogP contribution in [0.3, 0.4) is 0 Å². The summed E-state index contributed by atoms with van der Waals surface area (Å²) < 4.78 is 0. The number of allylic oxidation sites excluding steroid dienone is 2. The highest BCUT2D eigenvalue weighted by Gasteiger charge is 1.98. The van der Waals surface area contributed by atoms with E-state index in [1.54, 1.807) is 0 Å². The van der Waals surface area contributed by atoms with Gasteiger partial charge in [-0.05, 0) is 27.8 Å². The third-order valence-corrected chi connectivity index (χ3v) is 3.64. The van der Waals surface area contributed by atoms with Gasteiger partial charge in [0.1, 0.15) is 0 Å². The fraction of sp³-hybridized carbons (Fsp3) is 0. The Morgan fingerprint density at radius 3 is 1.82 bits per heavy atom. The summed E-state index contributed by atoms with van der Waals surface area (Å²) in [5, 5.41) is 0. The molecule has 0 nitrogen and oxygen atoms in total. The van der Waals surface area contributed by atoms with Crippen molar-refractivity contribution < 1.29 is 0 Å². The molecule has 3 aromatic carbocycles. The van der Waals surface area contributed by atoms with Gasteiger partial charge in [-0.2, -0.15) is 0 Å². The van der Waals surface area contributed by atoms with Crippen LogP contribution in [0.1, 0.15) is 11.1 Å². The Kier molecular flexibility index (Phi) is 4.31. The zero-order chi connectivity index (χ0) is 15.2. The summed E-state index contributed by atoms with van der Waals surface area (Å²) in [6.07, 6.45) is 4.15. The summed E-state index contributed by atoms with van der Waals surface area (Å²) in [6.45, 7) is 4.16. The Labute approximate surface area is 132 Å². The first-order valence-electron chi connectivity index (χ1n) is 7.41. The topological polar surface area (TPSA) is 0 Å². The molecule has 0 saturated heterocycles. The summed E-state index contributed by atoms with van der Waals surface area (Å²) in [7, 11) is 0. The lowest BCUT2D eigenvalue weighted by molar-refractivity contribution is 1.58. The fourth-order valence-electron chi connectivity index (χ4n) is 2.36. The Morgan fingerprint density at radius 2 is 1.18 bits per heavy atom. The van der Waals surface area contributed by atoms with Crippen molar-refractivity contribution in [2.45, 2.75) is 0 Å². The van der Waals surface area contributed by atoms with Crippen molar-refractivity contribution in [1.82, 2.24) is 0 Å². The maximum Gasteiger partial charge on any atom is -0.0184 e. The maximum absolute atomic E-state index is 4.16. The summed E-state index contributed by atoms with van der Waals surface area (Å²) in [6, 6.07) is 29.2. The van der Waals surface area contributed by atoms with E-state index >= 15 is 0 Å². The maximum atomic E-state index is 4.16. The molecule has 0 aliphatic carbocycles. The smallest absolute Gasteiger partial charge is 0.0184 e. The molecule has 106 valence electrons. The summed E-state index contributed by atoms with van der Waals surface area (Å²) in [5.41, 5.74) is 5.81. The third kappa shape index (κ3) is 3.42. The van der Waals surface area contributed by atoms with E-state index in [1.165, 1.54) is 16.7 Å². The molecule has 0 saturated carbocycles. The Balaban J connectivity index is 1.75. The molecule has 0 spiro atoms. The van der Waals surface area contributed by atoms with Crippen LogP contribution in [0.2, 0.25) is 0 Å². The van der Waals surface area contributed by atoms with Gasteiger partial charge in [-0.1, -0.05) is 104 Å². The largest absolute Gasteiger partial charge is 0.0912 e. The molecule has 0 unspecified atom stereocenters. The number of rotatable bonds is 4.